The van der Waals surface area contributed by atoms with Gasteiger partial charge in [0.2, 0.25) is 0 Å². The van der Waals surface area contributed by atoms with Crippen molar-refractivity contribution in [3.05, 3.63) is 71.8 Å². The van der Waals surface area contributed by atoms with Gasteiger partial charge in [-0.15, -0.1) is 12.4 Å². The molecule has 0 spiro atoms. The van der Waals surface area contributed by atoms with Crippen molar-refractivity contribution in [3.8, 4) is 0 Å². The maximum atomic E-state index is 11.0. The Balaban J connectivity index is 0.00000192. The van der Waals surface area contributed by atoms with E-state index in [4.69, 9.17) is 0 Å². The molecule has 2 atom stereocenters. The Morgan fingerprint density at radius 3 is 1.87 bits per heavy atom. The molecule has 0 aromatic heterocycles. The van der Waals surface area contributed by atoms with Gasteiger partial charge >= 0.3 is 0 Å². The van der Waals surface area contributed by atoms with Gasteiger partial charge in [0.05, 0.1) is 12.1 Å². The van der Waals surface area contributed by atoms with Gasteiger partial charge in [0, 0.05) is 0 Å². The highest BCUT2D eigenvalue weighted by Gasteiger charge is 2.30. The normalized spacial score (nSPS) is 18.9. The molecule has 1 fully saturated rings. The highest BCUT2D eigenvalue weighted by atomic mass is 35.5. The lowest BCUT2D eigenvalue weighted by Gasteiger charge is -2.39. The molecule has 2 aromatic carbocycles. The number of benzene rings is 2. The van der Waals surface area contributed by atoms with E-state index in [0.717, 1.165) is 24.6 Å². The maximum Gasteiger partial charge on any atom is 0.0986 e. The zero-order chi connectivity index (χ0) is 15.4. The Labute approximate surface area is 145 Å². The van der Waals surface area contributed by atoms with Crippen molar-refractivity contribution in [2.75, 3.05) is 13.1 Å². The summed E-state index contributed by atoms with van der Waals surface area (Å²) in [5, 5.41) is 11.0. The van der Waals surface area contributed by atoms with Crippen molar-refractivity contribution in [1.29, 1.82) is 0 Å². The lowest BCUT2D eigenvalue weighted by atomic mass is 9.91. The summed E-state index contributed by atoms with van der Waals surface area (Å²) in [6.07, 6.45) is 1.94. The summed E-state index contributed by atoms with van der Waals surface area (Å²) in [4.78, 5) is 2.45. The minimum atomic E-state index is -0.489. The molecule has 2 nitrogen and oxygen atoms in total. The highest BCUT2D eigenvalue weighted by Crippen LogP contribution is 2.36. The van der Waals surface area contributed by atoms with Gasteiger partial charge in [-0.3, -0.25) is 4.90 Å². The number of nitrogens with zero attached hydrogens (tertiary/aromatic N) is 1. The van der Waals surface area contributed by atoms with Crippen molar-refractivity contribution in [1.82, 2.24) is 4.90 Å². The Bertz CT molecular complexity index is 567. The largest absolute Gasteiger partial charge is 0.386 e. The Morgan fingerprint density at radius 2 is 1.35 bits per heavy atom. The van der Waals surface area contributed by atoms with Crippen LogP contribution in [0.2, 0.25) is 0 Å². The van der Waals surface area contributed by atoms with Gasteiger partial charge in [-0.2, -0.15) is 0 Å². The number of aliphatic hydroxyl groups is 1. The average Bonchev–Trinajstić information content (AvgIpc) is 2.58. The summed E-state index contributed by atoms with van der Waals surface area (Å²) in [6, 6.07) is 20.5. The molecular formula is C20H26ClNO. The van der Waals surface area contributed by atoms with Gasteiger partial charge in [-0.05, 0) is 43.0 Å². The summed E-state index contributed by atoms with van der Waals surface area (Å²) >= 11 is 0. The van der Waals surface area contributed by atoms with Gasteiger partial charge in [0.25, 0.3) is 0 Å². The molecule has 0 saturated carbocycles. The predicted octanol–water partition coefficient (Wildman–Crippen LogP) is 4.62. The van der Waals surface area contributed by atoms with Gasteiger partial charge in [-0.1, -0.05) is 67.6 Å². The first-order chi connectivity index (χ1) is 10.8. The van der Waals surface area contributed by atoms with Gasteiger partial charge in [0.1, 0.15) is 0 Å². The third-order valence-corrected chi connectivity index (χ3v) is 4.79. The summed E-state index contributed by atoms with van der Waals surface area (Å²) in [7, 11) is 0. The molecule has 3 rings (SSSR count). The van der Waals surface area contributed by atoms with Crippen LogP contribution in [0, 0.1) is 5.92 Å². The van der Waals surface area contributed by atoms with E-state index < -0.39 is 6.10 Å². The molecule has 0 radical (unpaired) electrons. The smallest absolute Gasteiger partial charge is 0.0986 e. The quantitative estimate of drug-likeness (QED) is 0.884. The topological polar surface area (TPSA) is 23.5 Å². The fourth-order valence-corrected chi connectivity index (χ4v) is 3.38. The summed E-state index contributed by atoms with van der Waals surface area (Å²) < 4.78 is 0. The van der Waals surface area contributed by atoms with Crippen LogP contribution in [0.5, 0.6) is 0 Å². The van der Waals surface area contributed by atoms with E-state index in [1.807, 2.05) is 36.4 Å². The standard InChI is InChI=1S/C20H25NO.ClH/c1-16-12-14-21(15-13-16)19(17-8-4-2-5-9-17)20(22)18-10-6-3-7-11-18;/h2-11,16,19-20,22H,12-15H2,1H3;1H/t19-,20-;/m0./s1. The van der Waals surface area contributed by atoms with E-state index in [9.17, 15) is 5.11 Å². The number of piperidine rings is 1. The van der Waals surface area contributed by atoms with E-state index in [-0.39, 0.29) is 18.4 Å². The first-order valence-corrected chi connectivity index (χ1v) is 8.27. The molecule has 1 saturated heterocycles. The fraction of sp³-hybridized carbons (Fsp3) is 0.400. The van der Waals surface area contributed by atoms with Gasteiger partial charge in [0.15, 0.2) is 0 Å². The van der Waals surface area contributed by atoms with Crippen molar-refractivity contribution in [3.63, 3.8) is 0 Å². The van der Waals surface area contributed by atoms with E-state index in [1.54, 1.807) is 0 Å². The van der Waals surface area contributed by atoms with Crippen LogP contribution in [-0.2, 0) is 0 Å². The number of rotatable bonds is 4. The highest BCUT2D eigenvalue weighted by molar-refractivity contribution is 5.85. The van der Waals surface area contributed by atoms with E-state index in [2.05, 4.69) is 36.1 Å². The molecule has 1 N–H and O–H groups in total. The molecule has 0 bridgehead atoms. The monoisotopic (exact) mass is 331 g/mol. The molecule has 0 aliphatic carbocycles. The maximum absolute atomic E-state index is 11.0. The van der Waals surface area contributed by atoms with Crippen LogP contribution in [0.1, 0.15) is 43.0 Å². The van der Waals surface area contributed by atoms with Crippen LogP contribution < -0.4 is 0 Å². The van der Waals surface area contributed by atoms with E-state index in [1.165, 1.54) is 18.4 Å². The Hall–Kier alpha value is -1.35. The number of aliphatic hydroxyl groups excluding tert-OH is 1. The minimum Gasteiger partial charge on any atom is -0.386 e. The lowest BCUT2D eigenvalue weighted by Crippen LogP contribution is -2.38. The zero-order valence-corrected chi connectivity index (χ0v) is 14.5. The molecule has 23 heavy (non-hydrogen) atoms. The second-order valence-electron chi connectivity index (χ2n) is 6.43. The molecule has 0 unspecified atom stereocenters. The molecule has 1 heterocycles. The molecule has 3 heteroatoms. The second-order valence-corrected chi connectivity index (χ2v) is 6.43. The van der Waals surface area contributed by atoms with Crippen molar-refractivity contribution in [2.24, 2.45) is 5.92 Å². The summed E-state index contributed by atoms with van der Waals surface area (Å²) in [5.74, 6) is 0.793. The number of likely N-dealkylation sites (tertiary alicyclic amines) is 1. The number of hydrogen-bond acceptors (Lipinski definition) is 2. The number of hydrogen-bond donors (Lipinski definition) is 1. The second kappa shape index (κ2) is 8.49. The Kier molecular flexibility index (Phi) is 6.64. The Morgan fingerprint density at radius 1 is 0.870 bits per heavy atom. The fourth-order valence-electron chi connectivity index (χ4n) is 3.38. The molecule has 124 valence electrons. The first-order valence-electron chi connectivity index (χ1n) is 8.27. The predicted molar refractivity (Wildman–Crippen MR) is 97.8 cm³/mol. The van der Waals surface area contributed by atoms with Crippen molar-refractivity contribution in [2.45, 2.75) is 31.9 Å². The van der Waals surface area contributed by atoms with Crippen molar-refractivity contribution >= 4 is 12.4 Å². The van der Waals surface area contributed by atoms with Crippen LogP contribution >= 0.6 is 12.4 Å². The zero-order valence-electron chi connectivity index (χ0n) is 13.6. The van der Waals surface area contributed by atoms with Crippen LogP contribution in [0.3, 0.4) is 0 Å². The van der Waals surface area contributed by atoms with Gasteiger partial charge < -0.3 is 5.11 Å². The van der Waals surface area contributed by atoms with Crippen molar-refractivity contribution < 1.29 is 5.11 Å². The summed E-state index contributed by atoms with van der Waals surface area (Å²) in [5.41, 5.74) is 2.20. The van der Waals surface area contributed by atoms with Crippen LogP contribution in [0.25, 0.3) is 0 Å². The van der Waals surface area contributed by atoms with Crippen LogP contribution in [0.4, 0.5) is 0 Å². The molecule has 1 aliphatic heterocycles. The first kappa shape index (κ1) is 18.0. The third kappa shape index (κ3) is 4.35. The minimum absolute atomic E-state index is 0. The van der Waals surface area contributed by atoms with E-state index >= 15 is 0 Å². The molecule has 2 aromatic rings. The lowest BCUT2D eigenvalue weighted by molar-refractivity contribution is 0.0284. The average molecular weight is 332 g/mol. The SMILES string of the molecule is CC1CCN([C@@H](c2ccccc2)[C@@H](O)c2ccccc2)CC1.Cl. The summed E-state index contributed by atoms with van der Waals surface area (Å²) in [6.45, 7) is 4.44. The van der Waals surface area contributed by atoms with E-state index in [0.29, 0.717) is 0 Å². The van der Waals surface area contributed by atoms with Gasteiger partial charge in [-0.25, -0.2) is 0 Å². The van der Waals surface area contributed by atoms with Crippen LogP contribution in [0.15, 0.2) is 60.7 Å². The molecule has 0 amide bonds. The molecule has 1 aliphatic rings. The third-order valence-electron chi connectivity index (χ3n) is 4.79. The van der Waals surface area contributed by atoms with Crippen LogP contribution in [-0.4, -0.2) is 23.1 Å². The molecular weight excluding hydrogens is 306 g/mol. The number of halogens is 1.